The molecule has 1 fully saturated rings. The lowest BCUT2D eigenvalue weighted by Crippen LogP contribution is -2.40. The minimum atomic E-state index is -3.52. The molecule has 1 aliphatic heterocycles. The second kappa shape index (κ2) is 8.65. The van der Waals surface area contributed by atoms with Gasteiger partial charge in [0, 0.05) is 36.5 Å². The molecule has 2 aliphatic rings. The third-order valence-electron chi connectivity index (χ3n) is 5.57. The van der Waals surface area contributed by atoms with Crippen LogP contribution in [0.2, 0.25) is 0 Å². The molecule has 0 aromatic heterocycles. The zero-order valence-corrected chi connectivity index (χ0v) is 19.4. The van der Waals surface area contributed by atoms with E-state index >= 15 is 0 Å². The predicted molar refractivity (Wildman–Crippen MR) is 119 cm³/mol. The van der Waals surface area contributed by atoms with Crippen molar-refractivity contribution in [2.24, 2.45) is 5.41 Å². The van der Waals surface area contributed by atoms with E-state index in [0.717, 1.165) is 34.5 Å². The van der Waals surface area contributed by atoms with E-state index in [1.165, 1.54) is 4.31 Å². The van der Waals surface area contributed by atoms with Crippen molar-refractivity contribution in [3.8, 4) is 0 Å². The molecule has 6 nitrogen and oxygen atoms in total. The SMILES string of the molecule is CC(C)=C(Nc1ccc(S(=O)(=O)N2CCOCC2)cc1)C1=C(C)CC(C)(C)CC1=O. The lowest BCUT2D eigenvalue weighted by Gasteiger charge is -2.32. The van der Waals surface area contributed by atoms with E-state index in [1.807, 2.05) is 20.8 Å². The van der Waals surface area contributed by atoms with Crippen molar-refractivity contribution in [1.29, 1.82) is 0 Å². The Morgan fingerprint density at radius 1 is 1.07 bits per heavy atom. The van der Waals surface area contributed by atoms with E-state index in [2.05, 4.69) is 19.2 Å². The number of carbonyl (C=O) groups excluding carboxylic acids is 1. The Kier molecular flexibility index (Phi) is 6.55. The van der Waals surface area contributed by atoms with E-state index in [9.17, 15) is 13.2 Å². The van der Waals surface area contributed by atoms with Gasteiger partial charge in [0.2, 0.25) is 10.0 Å². The lowest BCUT2D eigenvalue weighted by molar-refractivity contribution is -0.117. The Balaban J connectivity index is 1.84. The van der Waals surface area contributed by atoms with Gasteiger partial charge in [0.05, 0.1) is 18.1 Å². The van der Waals surface area contributed by atoms with Crippen molar-refractivity contribution in [2.75, 3.05) is 31.6 Å². The minimum Gasteiger partial charge on any atom is -0.379 e. The number of carbonyl (C=O) groups is 1. The molecule has 1 heterocycles. The van der Waals surface area contributed by atoms with E-state index < -0.39 is 10.0 Å². The first-order valence-electron chi connectivity index (χ1n) is 10.4. The number of sulfonamides is 1. The van der Waals surface area contributed by atoms with E-state index in [-0.39, 0.29) is 16.1 Å². The first kappa shape index (κ1) is 22.7. The first-order valence-corrected chi connectivity index (χ1v) is 11.8. The molecular formula is C23H32N2O4S. The highest BCUT2D eigenvalue weighted by Gasteiger charge is 2.33. The number of allylic oxidation sites excluding steroid dienone is 3. The summed E-state index contributed by atoms with van der Waals surface area (Å²) in [6.45, 7) is 11.8. The molecule has 1 N–H and O–H groups in total. The zero-order chi connectivity index (χ0) is 22.1. The van der Waals surface area contributed by atoms with Gasteiger partial charge in [0.1, 0.15) is 0 Å². The number of ketones is 1. The van der Waals surface area contributed by atoms with Crippen LogP contribution in [0.3, 0.4) is 0 Å². The fourth-order valence-electron chi connectivity index (χ4n) is 4.21. The van der Waals surface area contributed by atoms with Gasteiger partial charge >= 0.3 is 0 Å². The molecule has 0 spiro atoms. The lowest BCUT2D eigenvalue weighted by atomic mass is 9.73. The summed E-state index contributed by atoms with van der Waals surface area (Å²) >= 11 is 0. The van der Waals surface area contributed by atoms with Gasteiger partial charge in [-0.05, 0) is 56.9 Å². The highest BCUT2D eigenvalue weighted by Crippen LogP contribution is 2.39. The second-order valence-corrected chi connectivity index (χ2v) is 11.1. The summed E-state index contributed by atoms with van der Waals surface area (Å²) in [6.07, 6.45) is 1.40. The second-order valence-electron chi connectivity index (χ2n) is 9.14. The summed E-state index contributed by atoms with van der Waals surface area (Å²) in [5.41, 5.74) is 4.42. The molecule has 7 heteroatoms. The molecule has 1 saturated heterocycles. The number of morpholine rings is 1. The molecular weight excluding hydrogens is 400 g/mol. The van der Waals surface area contributed by atoms with Crippen LogP contribution in [0.25, 0.3) is 0 Å². The third kappa shape index (κ3) is 4.85. The fourth-order valence-corrected chi connectivity index (χ4v) is 5.62. The van der Waals surface area contributed by atoms with E-state index in [4.69, 9.17) is 4.74 Å². The van der Waals surface area contributed by atoms with Crippen LogP contribution in [0.1, 0.15) is 47.5 Å². The number of hydrogen-bond acceptors (Lipinski definition) is 5. The normalized spacial score (nSPS) is 20.2. The standard InChI is InChI=1S/C23H32N2O4S/c1-16(2)22(21-17(3)14-23(4,5)15-20(21)26)24-18-6-8-19(9-7-18)30(27,28)25-10-12-29-13-11-25/h6-9,24H,10-15H2,1-5H3. The van der Waals surface area contributed by atoms with Gasteiger partial charge in [-0.2, -0.15) is 4.31 Å². The molecule has 0 atom stereocenters. The fraction of sp³-hybridized carbons (Fsp3) is 0.522. The number of hydrogen-bond donors (Lipinski definition) is 1. The van der Waals surface area contributed by atoms with Crippen molar-refractivity contribution in [3.05, 3.63) is 46.7 Å². The van der Waals surface area contributed by atoms with E-state index in [0.29, 0.717) is 32.7 Å². The van der Waals surface area contributed by atoms with Gasteiger partial charge in [-0.15, -0.1) is 0 Å². The van der Waals surface area contributed by atoms with Crippen LogP contribution in [0, 0.1) is 5.41 Å². The number of rotatable bonds is 5. The van der Waals surface area contributed by atoms with Crippen molar-refractivity contribution in [2.45, 2.75) is 52.4 Å². The first-order chi connectivity index (χ1) is 14.0. The number of benzene rings is 1. The Bertz CT molecular complexity index is 979. The molecule has 0 radical (unpaired) electrons. The van der Waals surface area contributed by atoms with Gasteiger partial charge in [-0.25, -0.2) is 8.42 Å². The van der Waals surface area contributed by atoms with Crippen LogP contribution in [-0.4, -0.2) is 44.8 Å². The van der Waals surface area contributed by atoms with Gasteiger partial charge in [0.25, 0.3) is 0 Å². The Labute approximate surface area is 180 Å². The maximum atomic E-state index is 12.9. The number of nitrogens with one attached hydrogen (secondary N) is 1. The largest absolute Gasteiger partial charge is 0.379 e. The van der Waals surface area contributed by atoms with Crippen LogP contribution >= 0.6 is 0 Å². The van der Waals surface area contributed by atoms with Crippen LogP contribution < -0.4 is 5.32 Å². The average molecular weight is 433 g/mol. The predicted octanol–water partition coefficient (Wildman–Crippen LogP) is 4.12. The Morgan fingerprint density at radius 3 is 2.20 bits per heavy atom. The van der Waals surface area contributed by atoms with E-state index in [1.54, 1.807) is 24.3 Å². The van der Waals surface area contributed by atoms with Crippen LogP contribution in [-0.2, 0) is 19.6 Å². The topological polar surface area (TPSA) is 75.7 Å². The Morgan fingerprint density at radius 2 is 1.67 bits per heavy atom. The number of nitrogens with zero attached hydrogens (tertiary/aromatic N) is 1. The average Bonchev–Trinajstić information content (AvgIpc) is 2.66. The van der Waals surface area contributed by atoms with Crippen LogP contribution in [0.5, 0.6) is 0 Å². The maximum Gasteiger partial charge on any atom is 0.243 e. The smallest absolute Gasteiger partial charge is 0.243 e. The molecule has 3 rings (SSSR count). The highest BCUT2D eigenvalue weighted by molar-refractivity contribution is 7.89. The molecule has 0 bridgehead atoms. The summed E-state index contributed by atoms with van der Waals surface area (Å²) < 4.78 is 32.3. The van der Waals surface area contributed by atoms with Crippen molar-refractivity contribution in [3.63, 3.8) is 0 Å². The van der Waals surface area contributed by atoms with Crippen molar-refractivity contribution >= 4 is 21.5 Å². The highest BCUT2D eigenvalue weighted by atomic mass is 32.2. The molecule has 0 unspecified atom stereocenters. The molecule has 0 saturated carbocycles. The quantitative estimate of drug-likeness (QED) is 0.757. The zero-order valence-electron chi connectivity index (χ0n) is 18.5. The summed E-state index contributed by atoms with van der Waals surface area (Å²) in [6, 6.07) is 6.73. The van der Waals surface area contributed by atoms with Gasteiger partial charge in [0.15, 0.2) is 5.78 Å². The van der Waals surface area contributed by atoms with Gasteiger partial charge < -0.3 is 10.1 Å². The minimum absolute atomic E-state index is 0.0209. The molecule has 30 heavy (non-hydrogen) atoms. The summed E-state index contributed by atoms with van der Waals surface area (Å²) in [5.74, 6) is 0.152. The monoisotopic (exact) mass is 432 g/mol. The number of anilines is 1. The summed E-state index contributed by atoms with van der Waals surface area (Å²) in [5, 5.41) is 3.37. The molecule has 1 aromatic rings. The third-order valence-corrected chi connectivity index (χ3v) is 7.48. The van der Waals surface area contributed by atoms with Gasteiger partial charge in [-0.3, -0.25) is 4.79 Å². The molecule has 164 valence electrons. The Hall–Kier alpha value is -1.96. The van der Waals surface area contributed by atoms with Gasteiger partial charge in [-0.1, -0.05) is 25.0 Å². The van der Waals surface area contributed by atoms with Crippen LogP contribution in [0.4, 0.5) is 5.69 Å². The van der Waals surface area contributed by atoms with Crippen molar-refractivity contribution < 1.29 is 17.9 Å². The van der Waals surface area contributed by atoms with Crippen molar-refractivity contribution in [1.82, 2.24) is 4.31 Å². The summed E-state index contributed by atoms with van der Waals surface area (Å²) in [4.78, 5) is 13.2. The maximum absolute atomic E-state index is 12.9. The molecule has 1 aliphatic carbocycles. The molecule has 1 aromatic carbocycles. The summed E-state index contributed by atoms with van der Waals surface area (Å²) in [7, 11) is -3.52. The number of Topliss-reactive ketones (excluding diaryl/α,β-unsaturated/α-hetero) is 1. The van der Waals surface area contributed by atoms with Crippen LogP contribution in [0.15, 0.2) is 51.6 Å². The molecule has 0 amide bonds. The number of ether oxygens (including phenoxy) is 1.